The minimum Gasteiger partial charge on any atom is -0.447 e. The van der Waals surface area contributed by atoms with Crippen LogP contribution >= 0.6 is 11.6 Å². The summed E-state index contributed by atoms with van der Waals surface area (Å²) in [5.41, 5.74) is 1.55. The van der Waals surface area contributed by atoms with Crippen LogP contribution in [0.15, 0.2) is 53.4 Å². The first-order chi connectivity index (χ1) is 17.4. The predicted molar refractivity (Wildman–Crippen MR) is 137 cm³/mol. The van der Waals surface area contributed by atoms with Crippen molar-refractivity contribution in [2.45, 2.75) is 23.8 Å². The molecule has 9 nitrogen and oxygen atoms in total. The van der Waals surface area contributed by atoms with Gasteiger partial charge >= 0.3 is 6.09 Å². The standard InChI is InChI=1S/C25H32ClN3O6S/c26-21-6-9-23(10-7-21)36(32,33)29-22(8-5-20-3-1-2-4-24(20)29)19-35-25(31)28-13-11-27(12-14-28)15-17-34-18-16-30/h1-4,6-7,9-10,22,30H,5,8,11-19H2. The first-order valence-corrected chi connectivity index (χ1v) is 13.9. The van der Waals surface area contributed by atoms with Gasteiger partial charge in [0.1, 0.15) is 6.61 Å². The van der Waals surface area contributed by atoms with Crippen molar-refractivity contribution in [2.24, 2.45) is 0 Å². The van der Waals surface area contributed by atoms with E-state index in [0.29, 0.717) is 62.9 Å². The lowest BCUT2D eigenvalue weighted by molar-refractivity contribution is 0.0484. The first kappa shape index (κ1) is 26.7. The molecule has 2 heterocycles. The Labute approximate surface area is 217 Å². The Balaban J connectivity index is 1.40. The summed E-state index contributed by atoms with van der Waals surface area (Å²) in [6.07, 6.45) is 0.801. The van der Waals surface area contributed by atoms with Crippen LogP contribution in [0.3, 0.4) is 0 Å². The van der Waals surface area contributed by atoms with E-state index in [9.17, 15) is 13.2 Å². The smallest absolute Gasteiger partial charge is 0.409 e. The number of aliphatic hydroxyl groups excluding tert-OH is 1. The van der Waals surface area contributed by atoms with Gasteiger partial charge < -0.3 is 19.5 Å². The molecule has 0 spiro atoms. The molecule has 4 rings (SSSR count). The van der Waals surface area contributed by atoms with Gasteiger partial charge in [-0.3, -0.25) is 9.21 Å². The molecule has 36 heavy (non-hydrogen) atoms. The van der Waals surface area contributed by atoms with E-state index in [1.165, 1.54) is 16.4 Å². The molecule has 11 heteroatoms. The number of hydrogen-bond acceptors (Lipinski definition) is 7. The Hall–Kier alpha value is -2.37. The van der Waals surface area contributed by atoms with Crippen LogP contribution in [0.5, 0.6) is 0 Å². The molecule has 1 fully saturated rings. The zero-order chi connectivity index (χ0) is 25.5. The average Bonchev–Trinajstić information content (AvgIpc) is 2.90. The molecule has 1 unspecified atom stereocenters. The van der Waals surface area contributed by atoms with Crippen LogP contribution in [0.2, 0.25) is 5.02 Å². The Morgan fingerprint density at radius 2 is 1.75 bits per heavy atom. The van der Waals surface area contributed by atoms with Crippen LogP contribution in [-0.4, -0.2) is 94.6 Å². The van der Waals surface area contributed by atoms with Gasteiger partial charge in [0.05, 0.1) is 36.4 Å². The molecule has 0 bridgehead atoms. The number of ether oxygens (including phenoxy) is 2. The van der Waals surface area contributed by atoms with Gasteiger partial charge in [-0.25, -0.2) is 13.2 Å². The number of hydrogen-bond donors (Lipinski definition) is 1. The van der Waals surface area contributed by atoms with Gasteiger partial charge in [-0.15, -0.1) is 0 Å². The number of nitrogens with zero attached hydrogens (tertiary/aromatic N) is 3. The van der Waals surface area contributed by atoms with Gasteiger partial charge in [0.2, 0.25) is 0 Å². The van der Waals surface area contributed by atoms with Crippen LogP contribution in [-0.2, 0) is 25.9 Å². The van der Waals surface area contributed by atoms with E-state index in [-0.39, 0.29) is 18.1 Å². The Kier molecular flexibility index (Phi) is 9.08. The molecular weight excluding hydrogens is 506 g/mol. The molecule has 2 aliphatic rings. The summed E-state index contributed by atoms with van der Waals surface area (Å²) in [5, 5.41) is 9.24. The van der Waals surface area contributed by atoms with E-state index in [1.54, 1.807) is 23.1 Å². The van der Waals surface area contributed by atoms with Gasteiger partial charge in [-0.1, -0.05) is 29.8 Å². The minimum atomic E-state index is -3.90. The molecule has 2 aromatic carbocycles. The molecule has 2 aromatic rings. The zero-order valence-corrected chi connectivity index (χ0v) is 21.7. The van der Waals surface area contributed by atoms with Crippen molar-refractivity contribution < 1.29 is 27.8 Å². The SMILES string of the molecule is O=C(OCC1CCc2ccccc2N1S(=O)(=O)c1ccc(Cl)cc1)N1CCN(CCOCCO)CC1. The monoisotopic (exact) mass is 537 g/mol. The van der Waals surface area contributed by atoms with Crippen molar-refractivity contribution in [3.05, 3.63) is 59.1 Å². The Morgan fingerprint density at radius 3 is 2.47 bits per heavy atom. The number of benzene rings is 2. The second-order valence-corrected chi connectivity index (χ2v) is 11.1. The normalized spacial score (nSPS) is 18.7. The molecule has 1 atom stereocenters. The molecular formula is C25H32ClN3O6S. The number of aryl methyl sites for hydroxylation is 1. The largest absolute Gasteiger partial charge is 0.447 e. The highest BCUT2D eigenvalue weighted by molar-refractivity contribution is 7.92. The van der Waals surface area contributed by atoms with Gasteiger partial charge in [0, 0.05) is 37.7 Å². The van der Waals surface area contributed by atoms with Crippen LogP contribution in [0.1, 0.15) is 12.0 Å². The van der Waals surface area contributed by atoms with E-state index >= 15 is 0 Å². The van der Waals surface area contributed by atoms with E-state index in [4.69, 9.17) is 26.2 Å². The van der Waals surface area contributed by atoms with E-state index in [2.05, 4.69) is 4.90 Å². The van der Waals surface area contributed by atoms with Crippen molar-refractivity contribution in [3.63, 3.8) is 0 Å². The zero-order valence-electron chi connectivity index (χ0n) is 20.1. The lowest BCUT2D eigenvalue weighted by atomic mass is 9.98. The molecule has 1 N–H and O–H groups in total. The first-order valence-electron chi connectivity index (χ1n) is 12.1. The van der Waals surface area contributed by atoms with E-state index < -0.39 is 22.2 Å². The van der Waals surface area contributed by atoms with Crippen LogP contribution < -0.4 is 4.31 Å². The summed E-state index contributed by atoms with van der Waals surface area (Å²) < 4.78 is 39.7. The second kappa shape index (κ2) is 12.2. The third-order valence-corrected chi connectivity index (χ3v) is 8.63. The summed E-state index contributed by atoms with van der Waals surface area (Å²) in [7, 11) is -3.90. The predicted octanol–water partition coefficient (Wildman–Crippen LogP) is 2.61. The number of sulfonamides is 1. The highest BCUT2D eigenvalue weighted by Crippen LogP contribution is 2.35. The summed E-state index contributed by atoms with van der Waals surface area (Å²) in [5.74, 6) is 0. The summed E-state index contributed by atoms with van der Waals surface area (Å²) in [6, 6.07) is 13.0. The third kappa shape index (κ3) is 6.30. The van der Waals surface area contributed by atoms with Crippen molar-refractivity contribution in [2.75, 3.05) is 63.5 Å². The topological polar surface area (TPSA) is 99.6 Å². The molecule has 196 valence electrons. The maximum atomic E-state index is 13.7. The van der Waals surface area contributed by atoms with Crippen molar-refractivity contribution in [3.8, 4) is 0 Å². The molecule has 2 aliphatic heterocycles. The van der Waals surface area contributed by atoms with E-state index in [0.717, 1.165) is 12.1 Å². The number of aliphatic hydroxyl groups is 1. The minimum absolute atomic E-state index is 0.00459. The fraction of sp³-hybridized carbons (Fsp3) is 0.480. The third-order valence-electron chi connectivity index (χ3n) is 6.50. The van der Waals surface area contributed by atoms with Crippen molar-refractivity contribution in [1.29, 1.82) is 0 Å². The number of para-hydroxylation sites is 1. The fourth-order valence-corrected chi connectivity index (χ4v) is 6.37. The van der Waals surface area contributed by atoms with Crippen LogP contribution in [0, 0.1) is 0 Å². The number of carbonyl (C=O) groups is 1. The van der Waals surface area contributed by atoms with E-state index in [1.807, 2.05) is 18.2 Å². The summed E-state index contributed by atoms with van der Waals surface area (Å²) in [6.45, 7) is 4.02. The Bertz CT molecular complexity index is 1120. The Morgan fingerprint density at radius 1 is 1.03 bits per heavy atom. The molecule has 0 aliphatic carbocycles. The van der Waals surface area contributed by atoms with Gasteiger partial charge in [-0.05, 0) is 48.7 Å². The number of rotatable bonds is 9. The van der Waals surface area contributed by atoms with Crippen molar-refractivity contribution in [1.82, 2.24) is 9.80 Å². The summed E-state index contributed by atoms with van der Waals surface area (Å²) in [4.78, 5) is 16.8. The van der Waals surface area contributed by atoms with Crippen LogP contribution in [0.4, 0.5) is 10.5 Å². The lowest BCUT2D eigenvalue weighted by Crippen LogP contribution is -2.51. The maximum absolute atomic E-state index is 13.7. The number of piperazine rings is 1. The number of amides is 1. The van der Waals surface area contributed by atoms with Gasteiger partial charge in [0.15, 0.2) is 0 Å². The molecule has 1 amide bonds. The average molecular weight is 538 g/mol. The number of fused-ring (bicyclic) bond motifs is 1. The van der Waals surface area contributed by atoms with Gasteiger partial charge in [-0.2, -0.15) is 0 Å². The number of halogens is 1. The second-order valence-electron chi connectivity index (χ2n) is 8.82. The molecule has 0 aromatic heterocycles. The highest BCUT2D eigenvalue weighted by atomic mass is 35.5. The fourth-order valence-electron chi connectivity index (χ4n) is 4.54. The lowest BCUT2D eigenvalue weighted by Gasteiger charge is -2.38. The highest BCUT2D eigenvalue weighted by Gasteiger charge is 2.37. The van der Waals surface area contributed by atoms with Gasteiger partial charge in [0.25, 0.3) is 10.0 Å². The molecule has 0 radical (unpaired) electrons. The maximum Gasteiger partial charge on any atom is 0.409 e. The summed E-state index contributed by atoms with van der Waals surface area (Å²) >= 11 is 5.97. The number of anilines is 1. The molecule has 1 saturated heterocycles. The molecule has 0 saturated carbocycles. The number of carbonyl (C=O) groups excluding carboxylic acids is 1. The van der Waals surface area contributed by atoms with Crippen molar-refractivity contribution >= 4 is 33.4 Å². The van der Waals surface area contributed by atoms with Crippen LogP contribution in [0.25, 0.3) is 0 Å². The quantitative estimate of drug-likeness (QED) is 0.491.